The molecule has 9 heteroatoms. The van der Waals surface area contributed by atoms with E-state index in [-0.39, 0.29) is 50.0 Å². The van der Waals surface area contributed by atoms with Gasteiger partial charge in [-0.15, -0.1) is 0 Å². The molecule has 3 aromatic rings. The monoisotopic (exact) mass is 540 g/mol. The van der Waals surface area contributed by atoms with E-state index in [1.165, 1.54) is 4.90 Å². The Morgan fingerprint density at radius 3 is 2.42 bits per heavy atom. The van der Waals surface area contributed by atoms with Gasteiger partial charge in [0.25, 0.3) is 0 Å². The Balaban J connectivity index is 1.25. The fourth-order valence-corrected chi connectivity index (χ4v) is 5.62. The largest absolute Gasteiger partial charge is 0.492 e. The molecule has 1 saturated heterocycles. The van der Waals surface area contributed by atoms with Crippen molar-refractivity contribution < 1.29 is 23.9 Å². The van der Waals surface area contributed by atoms with Gasteiger partial charge in [-0.1, -0.05) is 12.1 Å². The van der Waals surface area contributed by atoms with Gasteiger partial charge in [-0.3, -0.25) is 19.8 Å². The molecule has 2 heterocycles. The summed E-state index contributed by atoms with van der Waals surface area (Å²) in [6.45, 7) is 2.36. The lowest BCUT2D eigenvalue weighted by Crippen LogP contribution is -2.33. The van der Waals surface area contributed by atoms with Crippen LogP contribution in [-0.4, -0.2) is 46.6 Å². The van der Waals surface area contributed by atoms with Gasteiger partial charge in [0.2, 0.25) is 11.8 Å². The smallest absolute Gasteiger partial charge is 0.411 e. The Kier molecular flexibility index (Phi) is 6.93. The second-order valence-corrected chi connectivity index (χ2v) is 10.9. The van der Waals surface area contributed by atoms with Crippen molar-refractivity contribution in [1.82, 2.24) is 9.47 Å². The van der Waals surface area contributed by atoms with Crippen molar-refractivity contribution in [3.8, 4) is 23.1 Å². The number of nitriles is 1. The van der Waals surface area contributed by atoms with Gasteiger partial charge in [-0.05, 0) is 74.8 Å². The van der Waals surface area contributed by atoms with Crippen molar-refractivity contribution >= 4 is 34.5 Å². The second-order valence-electron chi connectivity index (χ2n) is 10.9. The van der Waals surface area contributed by atoms with Crippen molar-refractivity contribution in [3.63, 3.8) is 0 Å². The van der Waals surface area contributed by atoms with Crippen LogP contribution in [0.15, 0.2) is 42.5 Å². The number of likely N-dealkylation sites (tertiary alicyclic amines) is 1. The van der Waals surface area contributed by atoms with Gasteiger partial charge in [0.15, 0.2) is 0 Å². The highest BCUT2D eigenvalue weighted by Crippen LogP contribution is 2.43. The van der Waals surface area contributed by atoms with Crippen LogP contribution in [0.25, 0.3) is 22.2 Å². The van der Waals surface area contributed by atoms with Crippen LogP contribution < -0.4 is 10.1 Å². The Labute approximate surface area is 232 Å². The van der Waals surface area contributed by atoms with Gasteiger partial charge >= 0.3 is 6.09 Å². The van der Waals surface area contributed by atoms with Crippen LogP contribution in [0.5, 0.6) is 5.75 Å². The minimum absolute atomic E-state index is 0.0882. The molecule has 0 unspecified atom stereocenters. The van der Waals surface area contributed by atoms with Crippen molar-refractivity contribution in [2.75, 3.05) is 18.5 Å². The van der Waals surface area contributed by atoms with E-state index in [0.717, 1.165) is 54.3 Å². The Hall–Kier alpha value is -4.32. The number of nitrogens with one attached hydrogen (secondary N) is 1. The zero-order valence-corrected chi connectivity index (χ0v) is 22.5. The number of nitrogens with zero attached hydrogens (tertiary/aromatic N) is 3. The zero-order valence-electron chi connectivity index (χ0n) is 22.5. The molecule has 1 atom stereocenters. The average Bonchev–Trinajstić information content (AvgIpc) is 3.66. The van der Waals surface area contributed by atoms with E-state index < -0.39 is 6.09 Å². The van der Waals surface area contributed by atoms with E-state index >= 15 is 0 Å². The highest BCUT2D eigenvalue weighted by atomic mass is 16.6. The summed E-state index contributed by atoms with van der Waals surface area (Å²) >= 11 is 0. The molecule has 2 aromatic carbocycles. The van der Waals surface area contributed by atoms with Crippen molar-refractivity contribution in [1.29, 1.82) is 5.26 Å². The van der Waals surface area contributed by atoms with E-state index in [2.05, 4.69) is 16.0 Å². The first-order valence-electron chi connectivity index (χ1n) is 14.0. The second kappa shape index (κ2) is 10.7. The van der Waals surface area contributed by atoms with Gasteiger partial charge in [-0.2, -0.15) is 5.26 Å². The standard InChI is InChI=1S/C31H32N4O5/c1-19(20-5-6-20)40-31(38)33-22-9-7-21(8-10-22)30-26(18-32)25-12-11-24(17-27(25)35(30)23-3-2-4-23)39-16-15-34-28(36)13-14-29(34)37/h7-12,17,19-20,23H,2-6,13-16H2,1H3,(H,33,38)/t19-/m1/s1. The molecule has 206 valence electrons. The van der Waals surface area contributed by atoms with Crippen molar-refractivity contribution in [2.24, 2.45) is 5.92 Å². The summed E-state index contributed by atoms with van der Waals surface area (Å²) in [5.74, 6) is 0.781. The first-order valence-corrected chi connectivity index (χ1v) is 14.0. The molecule has 1 N–H and O–H groups in total. The van der Waals surface area contributed by atoms with Gasteiger partial charge in [0.05, 0.1) is 23.3 Å². The maximum atomic E-state index is 12.3. The zero-order chi connectivity index (χ0) is 27.8. The Morgan fingerprint density at radius 1 is 1.07 bits per heavy atom. The molecular weight excluding hydrogens is 508 g/mol. The number of amides is 3. The number of carbonyl (C=O) groups excluding carboxylic acids is 3. The first-order chi connectivity index (χ1) is 19.4. The number of benzene rings is 2. The normalized spacial score (nSPS) is 17.9. The van der Waals surface area contributed by atoms with E-state index in [4.69, 9.17) is 9.47 Å². The number of ether oxygens (including phenoxy) is 2. The van der Waals surface area contributed by atoms with Crippen LogP contribution in [0.4, 0.5) is 10.5 Å². The summed E-state index contributed by atoms with van der Waals surface area (Å²) in [4.78, 5) is 37.4. The van der Waals surface area contributed by atoms with E-state index in [1.807, 2.05) is 49.4 Å². The third-order valence-corrected chi connectivity index (χ3v) is 8.25. The maximum absolute atomic E-state index is 12.3. The fraction of sp³-hybridized carbons (Fsp3) is 0.419. The summed E-state index contributed by atoms with van der Waals surface area (Å²) < 4.78 is 13.7. The van der Waals surface area contributed by atoms with Gasteiger partial charge in [-0.25, -0.2) is 4.79 Å². The lowest BCUT2D eigenvalue weighted by Gasteiger charge is -2.30. The summed E-state index contributed by atoms with van der Waals surface area (Å²) in [5, 5.41) is 13.9. The number of hydrogen-bond donors (Lipinski definition) is 1. The molecule has 1 aromatic heterocycles. The Bertz CT molecular complexity index is 1500. The summed E-state index contributed by atoms with van der Waals surface area (Å²) in [7, 11) is 0. The molecule has 0 radical (unpaired) electrons. The lowest BCUT2D eigenvalue weighted by molar-refractivity contribution is -0.138. The molecule has 0 spiro atoms. The van der Waals surface area contributed by atoms with Crippen LogP contribution >= 0.6 is 0 Å². The predicted octanol–water partition coefficient (Wildman–Crippen LogP) is 5.78. The highest BCUT2D eigenvalue weighted by Gasteiger charge is 2.31. The molecule has 3 amide bonds. The number of aromatic nitrogens is 1. The van der Waals surface area contributed by atoms with Crippen molar-refractivity contribution in [2.45, 2.75) is 64.0 Å². The maximum Gasteiger partial charge on any atom is 0.411 e. The van der Waals surface area contributed by atoms with Crippen LogP contribution in [0.3, 0.4) is 0 Å². The summed E-state index contributed by atoms with van der Waals surface area (Å²) in [6.07, 6.45) is 5.37. The molecular formula is C31H32N4O5. The van der Waals surface area contributed by atoms with Gasteiger partial charge < -0.3 is 14.0 Å². The molecule has 0 bridgehead atoms. The molecule has 9 nitrogen and oxygen atoms in total. The topological polar surface area (TPSA) is 114 Å². The van der Waals surface area contributed by atoms with E-state index in [9.17, 15) is 19.6 Å². The number of hydrogen-bond acceptors (Lipinski definition) is 6. The molecule has 40 heavy (non-hydrogen) atoms. The quantitative estimate of drug-likeness (QED) is 0.344. The summed E-state index contributed by atoms with van der Waals surface area (Å²) in [6, 6.07) is 15.9. The first kappa shape index (κ1) is 25.9. The molecule has 3 aliphatic rings. The molecule has 2 saturated carbocycles. The van der Waals surface area contributed by atoms with Gasteiger partial charge in [0, 0.05) is 36.0 Å². The van der Waals surface area contributed by atoms with E-state index in [0.29, 0.717) is 22.9 Å². The molecule has 3 fully saturated rings. The number of fused-ring (bicyclic) bond motifs is 1. The number of imide groups is 1. The van der Waals surface area contributed by atoms with Gasteiger partial charge in [0.1, 0.15) is 24.5 Å². The lowest BCUT2D eigenvalue weighted by atomic mass is 9.92. The average molecular weight is 541 g/mol. The fourth-order valence-electron chi connectivity index (χ4n) is 5.62. The van der Waals surface area contributed by atoms with Crippen LogP contribution in [-0.2, 0) is 14.3 Å². The van der Waals surface area contributed by atoms with Crippen LogP contribution in [0, 0.1) is 17.2 Å². The third-order valence-electron chi connectivity index (χ3n) is 8.25. The summed E-state index contributed by atoms with van der Waals surface area (Å²) in [5.41, 5.74) is 3.89. The van der Waals surface area contributed by atoms with Crippen LogP contribution in [0.1, 0.15) is 63.5 Å². The Morgan fingerprint density at radius 2 is 1.80 bits per heavy atom. The minimum atomic E-state index is -0.459. The predicted molar refractivity (Wildman–Crippen MR) is 149 cm³/mol. The third kappa shape index (κ3) is 5.02. The number of anilines is 1. The minimum Gasteiger partial charge on any atom is -0.492 e. The number of carbonyl (C=O) groups is 3. The molecule has 1 aliphatic heterocycles. The van der Waals surface area contributed by atoms with Crippen LogP contribution in [0.2, 0.25) is 0 Å². The molecule has 6 rings (SSSR count). The molecule has 2 aliphatic carbocycles. The SMILES string of the molecule is C[C@@H](OC(=O)Nc1ccc(-c2c(C#N)c3ccc(OCCN4C(=O)CCC4=O)cc3n2C2CCC2)cc1)C1CC1. The highest BCUT2D eigenvalue weighted by molar-refractivity contribution is 6.02. The number of rotatable bonds is 9. The van der Waals surface area contributed by atoms with E-state index in [1.54, 1.807) is 0 Å². The van der Waals surface area contributed by atoms with Crippen molar-refractivity contribution in [3.05, 3.63) is 48.0 Å².